The molecule has 0 aromatic heterocycles. The first-order chi connectivity index (χ1) is 7.45. The Morgan fingerprint density at radius 2 is 2.06 bits per heavy atom. The smallest absolute Gasteiger partial charge is 0.374 e. The van der Waals surface area contributed by atoms with Gasteiger partial charge in [-0.2, -0.15) is 18.4 Å². The Hall–Kier alpha value is -1.70. The van der Waals surface area contributed by atoms with Gasteiger partial charge in [0.2, 0.25) is 0 Å². The fourth-order valence-electron chi connectivity index (χ4n) is 1.27. The summed E-state index contributed by atoms with van der Waals surface area (Å²) in [4.78, 5) is 1.62. The Kier molecular flexibility index (Phi) is 3.78. The molecule has 0 aliphatic carbocycles. The molecule has 0 bridgehead atoms. The van der Waals surface area contributed by atoms with E-state index in [0.29, 0.717) is 12.2 Å². The molecule has 0 heterocycles. The minimum Gasteiger partial charge on any atom is -0.374 e. The molecular weight excluding hydrogens is 217 g/mol. The second kappa shape index (κ2) is 4.88. The molecule has 0 radical (unpaired) electrons. The van der Waals surface area contributed by atoms with E-state index in [-0.39, 0.29) is 6.42 Å². The molecule has 0 fully saturated rings. The molecule has 0 saturated carbocycles. The van der Waals surface area contributed by atoms with Crippen molar-refractivity contribution in [1.82, 2.24) is 0 Å². The molecule has 0 N–H and O–H groups in total. The van der Waals surface area contributed by atoms with Gasteiger partial charge in [0.1, 0.15) is 0 Å². The van der Waals surface area contributed by atoms with Gasteiger partial charge in [0.05, 0.1) is 18.1 Å². The van der Waals surface area contributed by atoms with Crippen LogP contribution < -0.4 is 4.90 Å². The minimum atomic E-state index is -4.33. The predicted octanol–water partition coefficient (Wildman–Crippen LogP) is 3.06. The third-order valence-corrected chi connectivity index (χ3v) is 2.17. The molecule has 86 valence electrons. The third kappa shape index (κ3) is 3.16. The zero-order valence-electron chi connectivity index (χ0n) is 8.75. The van der Waals surface area contributed by atoms with Gasteiger partial charge >= 0.3 is 6.18 Å². The molecule has 0 aliphatic heterocycles. The van der Waals surface area contributed by atoms with E-state index < -0.39 is 11.7 Å². The Morgan fingerprint density at radius 1 is 1.38 bits per heavy atom. The van der Waals surface area contributed by atoms with Crippen LogP contribution in [0.1, 0.15) is 12.0 Å². The average Bonchev–Trinajstić information content (AvgIpc) is 2.25. The quantitative estimate of drug-likeness (QED) is 0.795. The van der Waals surface area contributed by atoms with Gasteiger partial charge in [-0.25, -0.2) is 0 Å². The van der Waals surface area contributed by atoms with E-state index in [9.17, 15) is 13.2 Å². The maximum Gasteiger partial charge on any atom is 0.416 e. The predicted molar refractivity (Wildman–Crippen MR) is 54.9 cm³/mol. The molecule has 0 spiro atoms. The Bertz CT molecular complexity index is 393. The fourth-order valence-corrected chi connectivity index (χ4v) is 1.27. The highest BCUT2D eigenvalue weighted by molar-refractivity contribution is 5.48. The van der Waals surface area contributed by atoms with Crippen molar-refractivity contribution in [3.63, 3.8) is 0 Å². The van der Waals surface area contributed by atoms with E-state index in [0.717, 1.165) is 12.1 Å². The number of rotatable bonds is 3. The van der Waals surface area contributed by atoms with Crippen LogP contribution in [0.2, 0.25) is 0 Å². The zero-order chi connectivity index (χ0) is 12.2. The zero-order valence-corrected chi connectivity index (χ0v) is 8.75. The van der Waals surface area contributed by atoms with Crippen molar-refractivity contribution < 1.29 is 13.2 Å². The van der Waals surface area contributed by atoms with Gasteiger partial charge in [-0.15, -0.1) is 0 Å². The van der Waals surface area contributed by atoms with Gasteiger partial charge in [-0.05, 0) is 18.2 Å². The van der Waals surface area contributed by atoms with Crippen LogP contribution in [0.25, 0.3) is 0 Å². The molecule has 0 aliphatic rings. The first-order valence-electron chi connectivity index (χ1n) is 4.70. The maximum absolute atomic E-state index is 12.4. The van der Waals surface area contributed by atoms with Crippen LogP contribution in [0.4, 0.5) is 18.9 Å². The second-order valence-corrected chi connectivity index (χ2v) is 3.38. The van der Waals surface area contributed by atoms with E-state index in [1.165, 1.54) is 6.07 Å². The van der Waals surface area contributed by atoms with Gasteiger partial charge in [-0.3, -0.25) is 0 Å². The number of hydrogen-bond acceptors (Lipinski definition) is 2. The fraction of sp³-hybridized carbons (Fsp3) is 0.364. The Balaban J connectivity index is 2.87. The summed E-state index contributed by atoms with van der Waals surface area (Å²) in [5, 5.41) is 8.39. The van der Waals surface area contributed by atoms with Crippen LogP contribution in [-0.4, -0.2) is 13.6 Å². The lowest BCUT2D eigenvalue weighted by Crippen LogP contribution is -2.18. The van der Waals surface area contributed by atoms with Gasteiger partial charge in [0, 0.05) is 19.3 Å². The molecular formula is C11H11F3N2. The first-order valence-corrected chi connectivity index (χ1v) is 4.70. The molecule has 1 aromatic rings. The lowest BCUT2D eigenvalue weighted by Gasteiger charge is -2.19. The maximum atomic E-state index is 12.4. The molecule has 1 rings (SSSR count). The lowest BCUT2D eigenvalue weighted by molar-refractivity contribution is -0.137. The molecule has 1 aromatic carbocycles. The van der Waals surface area contributed by atoms with Gasteiger partial charge in [0.25, 0.3) is 0 Å². The van der Waals surface area contributed by atoms with Crippen LogP contribution in [-0.2, 0) is 6.18 Å². The van der Waals surface area contributed by atoms with Gasteiger partial charge in [-0.1, -0.05) is 6.07 Å². The van der Waals surface area contributed by atoms with E-state index in [4.69, 9.17) is 5.26 Å². The number of nitriles is 1. The minimum absolute atomic E-state index is 0.284. The molecule has 0 saturated heterocycles. The molecule has 5 heteroatoms. The summed E-state index contributed by atoms with van der Waals surface area (Å²) in [5.74, 6) is 0. The standard InChI is InChI=1S/C11H11F3N2/c1-16(7-3-6-15)10-5-2-4-9(8-10)11(12,13)14/h2,4-5,8H,3,7H2,1H3. The van der Waals surface area contributed by atoms with Crippen LogP contribution >= 0.6 is 0 Å². The van der Waals surface area contributed by atoms with Crippen LogP contribution in [0.15, 0.2) is 24.3 Å². The number of nitrogens with zero attached hydrogens (tertiary/aromatic N) is 2. The van der Waals surface area contributed by atoms with E-state index in [1.807, 2.05) is 6.07 Å². The summed E-state index contributed by atoms with van der Waals surface area (Å²) in [7, 11) is 1.66. The molecule has 0 amide bonds. The number of alkyl halides is 3. The highest BCUT2D eigenvalue weighted by Crippen LogP contribution is 2.31. The SMILES string of the molecule is CN(CCC#N)c1cccc(C(F)(F)F)c1. The van der Waals surface area contributed by atoms with Crippen molar-refractivity contribution in [2.45, 2.75) is 12.6 Å². The normalized spacial score (nSPS) is 10.9. The summed E-state index contributed by atoms with van der Waals surface area (Å²) in [6, 6.07) is 7.01. The Labute approximate surface area is 91.9 Å². The summed E-state index contributed by atoms with van der Waals surface area (Å²) < 4.78 is 37.2. The van der Waals surface area contributed by atoms with Gasteiger partial charge in [0.15, 0.2) is 0 Å². The summed E-state index contributed by atoms with van der Waals surface area (Å²) in [6.07, 6.45) is -4.04. The molecule has 0 unspecified atom stereocenters. The van der Waals surface area contributed by atoms with Crippen LogP contribution in [0.3, 0.4) is 0 Å². The highest BCUT2D eigenvalue weighted by atomic mass is 19.4. The lowest BCUT2D eigenvalue weighted by atomic mass is 10.2. The van der Waals surface area contributed by atoms with Crippen molar-refractivity contribution >= 4 is 5.69 Å². The number of benzene rings is 1. The van der Waals surface area contributed by atoms with E-state index in [1.54, 1.807) is 18.0 Å². The number of hydrogen-bond donors (Lipinski definition) is 0. The average molecular weight is 228 g/mol. The number of anilines is 1. The van der Waals surface area contributed by atoms with E-state index in [2.05, 4.69) is 0 Å². The number of halogens is 3. The molecule has 16 heavy (non-hydrogen) atoms. The monoisotopic (exact) mass is 228 g/mol. The van der Waals surface area contributed by atoms with Crippen LogP contribution in [0.5, 0.6) is 0 Å². The molecule has 2 nitrogen and oxygen atoms in total. The van der Waals surface area contributed by atoms with E-state index >= 15 is 0 Å². The van der Waals surface area contributed by atoms with Gasteiger partial charge < -0.3 is 4.90 Å². The van der Waals surface area contributed by atoms with Crippen LogP contribution in [0, 0.1) is 11.3 Å². The summed E-state index contributed by atoms with van der Waals surface area (Å²) >= 11 is 0. The van der Waals surface area contributed by atoms with Crippen molar-refractivity contribution in [3.05, 3.63) is 29.8 Å². The van der Waals surface area contributed by atoms with Crippen molar-refractivity contribution in [1.29, 1.82) is 5.26 Å². The van der Waals surface area contributed by atoms with Crippen molar-refractivity contribution in [2.75, 3.05) is 18.5 Å². The van der Waals surface area contributed by atoms with Crippen molar-refractivity contribution in [2.24, 2.45) is 0 Å². The Morgan fingerprint density at radius 3 is 2.62 bits per heavy atom. The second-order valence-electron chi connectivity index (χ2n) is 3.38. The van der Waals surface area contributed by atoms with Crippen molar-refractivity contribution in [3.8, 4) is 6.07 Å². The topological polar surface area (TPSA) is 27.0 Å². The first kappa shape index (κ1) is 12.4. The third-order valence-electron chi connectivity index (χ3n) is 2.17. The highest BCUT2D eigenvalue weighted by Gasteiger charge is 2.30. The molecule has 0 atom stereocenters. The summed E-state index contributed by atoms with van der Waals surface area (Å²) in [6.45, 7) is 0.414. The largest absolute Gasteiger partial charge is 0.416 e. The summed E-state index contributed by atoms with van der Waals surface area (Å²) in [5.41, 5.74) is -0.209.